The molecule has 0 aliphatic carbocycles. The van der Waals surface area contributed by atoms with Crippen LogP contribution in [0.4, 0.5) is 4.79 Å². The van der Waals surface area contributed by atoms with Gasteiger partial charge < -0.3 is 19.9 Å². The Balaban J connectivity index is 1.55. The number of alkyl carbamates (subject to hydrolysis) is 1. The van der Waals surface area contributed by atoms with E-state index >= 15 is 0 Å². The quantitative estimate of drug-likeness (QED) is 0.593. The van der Waals surface area contributed by atoms with Crippen LogP contribution in [0.25, 0.3) is 20.0 Å². The number of rotatable bonds is 5. The van der Waals surface area contributed by atoms with E-state index in [-0.39, 0.29) is 17.9 Å². The van der Waals surface area contributed by atoms with Gasteiger partial charge in [-0.1, -0.05) is 13.8 Å². The second kappa shape index (κ2) is 8.43. The third-order valence-corrected chi connectivity index (χ3v) is 7.65. The smallest absolute Gasteiger partial charge is 0.407 e. The normalized spacial score (nSPS) is 17.6. The number of fused-ring (bicyclic) bond motifs is 1. The van der Waals surface area contributed by atoms with Gasteiger partial charge in [-0.15, -0.1) is 11.3 Å². The summed E-state index contributed by atoms with van der Waals surface area (Å²) in [5.74, 6) is 0.653. The average Bonchev–Trinajstić information content (AvgIpc) is 3.46. The van der Waals surface area contributed by atoms with Crippen LogP contribution in [0.5, 0.6) is 0 Å². The largest absolute Gasteiger partial charge is 0.453 e. The molecule has 4 heterocycles. The Morgan fingerprint density at radius 2 is 2.10 bits per heavy atom. The molecule has 0 radical (unpaired) electrons. The summed E-state index contributed by atoms with van der Waals surface area (Å²) < 4.78 is 8.57. The van der Waals surface area contributed by atoms with E-state index in [1.54, 1.807) is 22.7 Å². The molecule has 3 aromatic heterocycles. The van der Waals surface area contributed by atoms with Crippen LogP contribution in [0.3, 0.4) is 0 Å². The van der Waals surface area contributed by atoms with Crippen molar-refractivity contribution in [3.8, 4) is 10.6 Å². The van der Waals surface area contributed by atoms with Crippen molar-refractivity contribution in [1.29, 1.82) is 0 Å². The van der Waals surface area contributed by atoms with Gasteiger partial charge in [-0.2, -0.15) is 11.3 Å². The molecule has 0 spiro atoms. The number of amides is 2. The lowest BCUT2D eigenvalue weighted by atomic mass is 10.0. The van der Waals surface area contributed by atoms with E-state index in [9.17, 15) is 9.59 Å². The number of aromatic amines is 1. The van der Waals surface area contributed by atoms with E-state index in [1.165, 1.54) is 21.3 Å². The molecule has 1 unspecified atom stereocenters. The first-order valence-corrected chi connectivity index (χ1v) is 11.7. The number of H-pyrrole nitrogens is 1. The molecule has 1 fully saturated rings. The molecule has 0 saturated carbocycles. The number of carbonyl (C=O) groups is 2. The van der Waals surface area contributed by atoms with Crippen molar-refractivity contribution in [2.75, 3.05) is 13.7 Å². The molecule has 4 rings (SSSR count). The Hall–Kier alpha value is -2.33. The zero-order chi connectivity index (χ0) is 21.4. The first-order valence-electron chi connectivity index (χ1n) is 10.1. The zero-order valence-electron chi connectivity index (χ0n) is 17.5. The Kier molecular flexibility index (Phi) is 5.88. The molecule has 2 N–H and O–H groups in total. The standard InChI is InChI=1S/C20H25BN4O3S2/c1-10(2)17(24-20(27)28-3)19(26)25-6-4-5-12(25)18-22-9-11(23-18)13-7-14-15(29-13)8-16(21)30-14/h7-10,12,17H,4-6,21H2,1-3H3,(H,22,23)(H,24,27)/t12-,17?/m0/s1. The van der Waals surface area contributed by atoms with Gasteiger partial charge in [0.1, 0.15) is 11.9 Å². The molecule has 2 atom stereocenters. The highest BCUT2D eigenvalue weighted by molar-refractivity contribution is 7.33. The number of hydrogen-bond donors (Lipinski definition) is 2. The zero-order valence-corrected chi connectivity index (χ0v) is 19.2. The molecule has 158 valence electrons. The number of hydrogen-bond acceptors (Lipinski definition) is 6. The van der Waals surface area contributed by atoms with Crippen LogP contribution in [-0.4, -0.2) is 54.4 Å². The number of methoxy groups -OCH3 is 1. The van der Waals surface area contributed by atoms with Gasteiger partial charge in [0.25, 0.3) is 0 Å². The molecule has 2 amide bonds. The van der Waals surface area contributed by atoms with Gasteiger partial charge in [0, 0.05) is 22.1 Å². The summed E-state index contributed by atoms with van der Waals surface area (Å²) in [6.45, 7) is 4.48. The predicted molar refractivity (Wildman–Crippen MR) is 123 cm³/mol. The maximum absolute atomic E-state index is 13.2. The van der Waals surface area contributed by atoms with Gasteiger partial charge in [-0.3, -0.25) is 4.79 Å². The topological polar surface area (TPSA) is 87.3 Å². The molecule has 10 heteroatoms. The minimum Gasteiger partial charge on any atom is -0.453 e. The Morgan fingerprint density at radius 1 is 1.33 bits per heavy atom. The number of nitrogens with zero attached hydrogens (tertiary/aromatic N) is 2. The first-order chi connectivity index (χ1) is 14.4. The molecule has 0 aromatic carbocycles. The fraction of sp³-hybridized carbons (Fsp3) is 0.450. The van der Waals surface area contributed by atoms with Gasteiger partial charge in [0.2, 0.25) is 5.91 Å². The lowest BCUT2D eigenvalue weighted by Crippen LogP contribution is -2.51. The Labute approximate surface area is 184 Å². The highest BCUT2D eigenvalue weighted by atomic mass is 32.1. The summed E-state index contributed by atoms with van der Waals surface area (Å²) in [6, 6.07) is 3.65. The van der Waals surface area contributed by atoms with Gasteiger partial charge in [0.05, 0.1) is 23.7 Å². The fourth-order valence-corrected chi connectivity index (χ4v) is 6.19. The summed E-state index contributed by atoms with van der Waals surface area (Å²) in [6.07, 6.45) is 3.08. The van der Waals surface area contributed by atoms with Crippen LogP contribution in [0.15, 0.2) is 18.3 Å². The van der Waals surface area contributed by atoms with Crippen molar-refractivity contribution in [2.24, 2.45) is 5.92 Å². The molecule has 1 saturated heterocycles. The second-order valence-electron chi connectivity index (χ2n) is 7.91. The molecular formula is C20H25BN4O3S2. The minimum absolute atomic E-state index is 0.0486. The van der Waals surface area contributed by atoms with E-state index in [1.807, 2.05) is 24.9 Å². The number of ether oxygens (including phenoxy) is 1. The Bertz CT molecular complexity index is 1040. The third-order valence-electron chi connectivity index (χ3n) is 5.42. The summed E-state index contributed by atoms with van der Waals surface area (Å²) >= 11 is 3.53. The summed E-state index contributed by atoms with van der Waals surface area (Å²) in [4.78, 5) is 36.0. The lowest BCUT2D eigenvalue weighted by molar-refractivity contribution is -0.135. The van der Waals surface area contributed by atoms with E-state index in [0.29, 0.717) is 6.54 Å². The van der Waals surface area contributed by atoms with Crippen molar-refractivity contribution < 1.29 is 14.3 Å². The van der Waals surface area contributed by atoms with Gasteiger partial charge in [-0.25, -0.2) is 9.78 Å². The molecule has 3 aromatic rings. The number of imidazole rings is 1. The van der Waals surface area contributed by atoms with Crippen LogP contribution in [0, 0.1) is 5.92 Å². The van der Waals surface area contributed by atoms with Crippen LogP contribution < -0.4 is 10.1 Å². The maximum Gasteiger partial charge on any atom is 0.407 e. The van der Waals surface area contributed by atoms with E-state index in [2.05, 4.69) is 30.3 Å². The molecule has 7 nitrogen and oxygen atoms in total. The number of aromatic nitrogens is 2. The van der Waals surface area contributed by atoms with Crippen molar-refractivity contribution in [3.05, 3.63) is 24.2 Å². The van der Waals surface area contributed by atoms with E-state index in [0.717, 1.165) is 29.2 Å². The van der Waals surface area contributed by atoms with Crippen molar-refractivity contribution in [1.82, 2.24) is 20.2 Å². The second-order valence-corrected chi connectivity index (χ2v) is 10.3. The number of thiophene rings is 2. The van der Waals surface area contributed by atoms with Gasteiger partial charge in [-0.05, 0) is 35.7 Å². The average molecular weight is 444 g/mol. The van der Waals surface area contributed by atoms with E-state index in [4.69, 9.17) is 9.72 Å². The predicted octanol–water partition coefficient (Wildman–Crippen LogP) is 2.66. The van der Waals surface area contributed by atoms with Crippen molar-refractivity contribution >= 4 is 56.7 Å². The lowest BCUT2D eigenvalue weighted by Gasteiger charge is -2.29. The maximum atomic E-state index is 13.2. The van der Waals surface area contributed by atoms with Crippen LogP contribution in [-0.2, 0) is 9.53 Å². The van der Waals surface area contributed by atoms with Crippen molar-refractivity contribution in [2.45, 2.75) is 38.8 Å². The number of carbonyl (C=O) groups excluding carboxylic acids is 2. The van der Waals surface area contributed by atoms with Gasteiger partial charge in [0.15, 0.2) is 7.85 Å². The summed E-state index contributed by atoms with van der Waals surface area (Å²) in [5.41, 5.74) is 0.906. The summed E-state index contributed by atoms with van der Waals surface area (Å²) in [7, 11) is 3.42. The molecule has 30 heavy (non-hydrogen) atoms. The van der Waals surface area contributed by atoms with Gasteiger partial charge >= 0.3 is 6.09 Å². The highest BCUT2D eigenvalue weighted by Crippen LogP contribution is 2.37. The minimum atomic E-state index is -0.625. The molecule has 1 aliphatic rings. The molecule has 0 bridgehead atoms. The highest BCUT2D eigenvalue weighted by Gasteiger charge is 2.37. The van der Waals surface area contributed by atoms with Crippen LogP contribution in [0.2, 0.25) is 0 Å². The fourth-order valence-electron chi connectivity index (χ4n) is 3.91. The SMILES string of the molecule is Bc1cc2sc(-c3c[nH]c([C@@H]4CCCN4C(=O)C(NC(=O)OC)C(C)C)n3)cc2s1. The molecule has 1 aliphatic heterocycles. The number of likely N-dealkylation sites (tertiary alicyclic amines) is 1. The first kappa shape index (κ1) is 20.9. The molecular weight excluding hydrogens is 419 g/mol. The van der Waals surface area contributed by atoms with E-state index < -0.39 is 12.1 Å². The van der Waals surface area contributed by atoms with Crippen molar-refractivity contribution in [3.63, 3.8) is 0 Å². The summed E-state index contributed by atoms with van der Waals surface area (Å²) in [5, 5.41) is 2.68. The monoisotopic (exact) mass is 444 g/mol. The van der Waals surface area contributed by atoms with Crippen LogP contribution in [0.1, 0.15) is 38.6 Å². The number of nitrogens with one attached hydrogen (secondary N) is 2. The van der Waals surface area contributed by atoms with Crippen LogP contribution >= 0.6 is 22.7 Å². The third kappa shape index (κ3) is 3.98. The Morgan fingerprint density at radius 3 is 2.80 bits per heavy atom.